The second-order valence-electron chi connectivity index (χ2n) is 17.2. The van der Waals surface area contributed by atoms with Crippen LogP contribution in [0.5, 0.6) is 0 Å². The van der Waals surface area contributed by atoms with Crippen LogP contribution in [-0.4, -0.2) is 133 Å². The highest BCUT2D eigenvalue weighted by molar-refractivity contribution is 7.55. The zero-order valence-corrected chi connectivity index (χ0v) is 38.2. The molecule has 3 aromatic heterocycles. The summed E-state index contributed by atoms with van der Waals surface area (Å²) in [5.74, 6) is -0.471. The molecule has 20 nitrogen and oxygen atoms in total. The van der Waals surface area contributed by atoms with Crippen molar-refractivity contribution in [2.75, 3.05) is 37.9 Å². The maximum atomic E-state index is 14.7. The van der Waals surface area contributed by atoms with Crippen LogP contribution in [0.1, 0.15) is 70.4 Å². The molecule has 1 aliphatic carbocycles. The number of benzene rings is 1. The minimum Gasteiger partial charge on any atom is -0.465 e. The summed E-state index contributed by atoms with van der Waals surface area (Å²) in [4.78, 5) is 25.0. The highest BCUT2D eigenvalue weighted by atomic mass is 31.2. The van der Waals surface area contributed by atoms with Gasteiger partial charge in [-0.25, -0.2) is 19.4 Å². The fourth-order valence-corrected chi connectivity index (χ4v) is 10.3. The minimum atomic E-state index is -4.27. The molecule has 22 heteroatoms. The second-order valence-corrected chi connectivity index (χ2v) is 25.1. The van der Waals surface area contributed by atoms with Gasteiger partial charge < -0.3 is 42.9 Å². The summed E-state index contributed by atoms with van der Waals surface area (Å²) in [6, 6.07) is 10.3. The maximum absolute atomic E-state index is 14.7. The molecule has 2 N–H and O–H groups in total. The summed E-state index contributed by atoms with van der Waals surface area (Å²) in [7, 11) is -5.59. The van der Waals surface area contributed by atoms with Gasteiger partial charge in [0.25, 0.3) is 0 Å². The SMILES string of the molecule is CCOP(=O)(OCC)C(CO)(Cc1nnn(COCC[Si](C)(C)C)n1)OC[C@H]1O[C@@H](n2ncc3c(N(C(=O)O)C4CCC4)nc(/C=C/c4ccccc4)nc32)[C@@H]2OC(C)(C)O[C@@H]21. The molecule has 1 amide bonds. The number of amides is 1. The molecule has 2 saturated heterocycles. The van der Waals surface area contributed by atoms with Crippen LogP contribution < -0.4 is 4.90 Å². The summed E-state index contributed by atoms with van der Waals surface area (Å²) in [5.41, 5.74) is 1.22. The van der Waals surface area contributed by atoms with E-state index < -0.39 is 64.0 Å². The quantitative estimate of drug-likeness (QED) is 0.0558. The Morgan fingerprint density at radius 2 is 1.81 bits per heavy atom. The molecule has 3 aliphatic rings. The number of aromatic nitrogens is 8. The van der Waals surface area contributed by atoms with Crippen LogP contribution in [0.25, 0.3) is 23.2 Å². The second kappa shape index (κ2) is 19.0. The van der Waals surface area contributed by atoms with E-state index in [1.807, 2.05) is 36.4 Å². The van der Waals surface area contributed by atoms with Gasteiger partial charge in [-0.05, 0) is 69.9 Å². The standard InChI is InChI=1S/C40H58N9O11PSi/c1-8-56-61(53,57-9-2)40(25-50,22-32-44-46-47(45-32)26-54-20-21-62(5,6)7)55-24-30-33-34(60-39(3,4)59-33)37(58-30)49-36-29(23-41-49)35(48(38(51)52)28-16-13-17-28)42-31(43-36)19-18-27-14-11-10-12-15-27/h10-12,14-15,18-19,23,28,30,33-34,37,50H,8-9,13,16-17,20-22,24-26H2,1-7H3,(H,51,52)/b19-18+/t30-,33-,34-,37-,40?/m1/s1. The van der Waals surface area contributed by atoms with Crippen molar-refractivity contribution in [3.8, 4) is 0 Å². The normalized spacial score (nSPS) is 22.6. The Kier molecular flexibility index (Phi) is 14.1. The number of rotatable bonds is 21. The predicted octanol–water partition coefficient (Wildman–Crippen LogP) is 5.96. The van der Waals surface area contributed by atoms with Gasteiger partial charge in [-0.1, -0.05) is 56.0 Å². The lowest BCUT2D eigenvalue weighted by Crippen LogP contribution is -2.44. The van der Waals surface area contributed by atoms with Crippen LogP contribution >= 0.6 is 7.60 Å². The Morgan fingerprint density at radius 1 is 1.08 bits per heavy atom. The van der Waals surface area contributed by atoms with Crippen LogP contribution in [0, 0.1) is 0 Å². The summed E-state index contributed by atoms with van der Waals surface area (Å²) < 4.78 is 59.7. The number of carboxylic acid groups (broad SMARTS) is 1. The lowest BCUT2D eigenvalue weighted by molar-refractivity contribution is -0.207. The first-order valence-corrected chi connectivity index (χ1v) is 26.3. The Bertz CT molecular complexity index is 2220. The van der Waals surface area contributed by atoms with E-state index >= 15 is 0 Å². The molecule has 3 fully saturated rings. The average molecular weight is 900 g/mol. The van der Waals surface area contributed by atoms with E-state index in [9.17, 15) is 19.6 Å². The van der Waals surface area contributed by atoms with E-state index in [1.54, 1.807) is 38.5 Å². The molecule has 1 saturated carbocycles. The van der Waals surface area contributed by atoms with Crippen molar-refractivity contribution < 1.29 is 52.3 Å². The van der Waals surface area contributed by atoms with Crippen molar-refractivity contribution >= 4 is 50.8 Å². The zero-order chi connectivity index (χ0) is 44.3. The Hall–Kier alpha value is -4.02. The highest BCUT2D eigenvalue weighted by Gasteiger charge is 2.59. The Balaban J connectivity index is 1.20. The van der Waals surface area contributed by atoms with Gasteiger partial charge in [-0.15, -0.1) is 15.0 Å². The summed E-state index contributed by atoms with van der Waals surface area (Å²) >= 11 is 0. The number of aliphatic hydroxyl groups is 1. The van der Waals surface area contributed by atoms with Crippen LogP contribution in [0.2, 0.25) is 25.7 Å². The van der Waals surface area contributed by atoms with Crippen molar-refractivity contribution in [3.05, 3.63) is 53.7 Å². The van der Waals surface area contributed by atoms with Gasteiger partial charge in [0.05, 0.1) is 44.4 Å². The van der Waals surface area contributed by atoms with Gasteiger partial charge in [0, 0.05) is 20.7 Å². The van der Waals surface area contributed by atoms with Gasteiger partial charge in [-0.3, -0.25) is 9.46 Å². The topological polar surface area (TPSA) is 230 Å². The third-order valence-corrected chi connectivity index (χ3v) is 15.2. The van der Waals surface area contributed by atoms with E-state index in [1.165, 1.54) is 15.9 Å². The van der Waals surface area contributed by atoms with Crippen LogP contribution in [0.3, 0.4) is 0 Å². The average Bonchev–Trinajstić information content (AvgIpc) is 3.98. The van der Waals surface area contributed by atoms with Gasteiger partial charge in [0.1, 0.15) is 18.3 Å². The number of nitrogens with zero attached hydrogens (tertiary/aromatic N) is 9. The Morgan fingerprint density at radius 3 is 2.45 bits per heavy atom. The monoisotopic (exact) mass is 899 g/mol. The molecule has 5 heterocycles. The van der Waals surface area contributed by atoms with E-state index in [2.05, 4.69) is 35.1 Å². The van der Waals surface area contributed by atoms with Gasteiger partial charge in [0.15, 0.2) is 47.2 Å². The van der Waals surface area contributed by atoms with Crippen molar-refractivity contribution in [1.82, 2.24) is 40.0 Å². The third kappa shape index (κ3) is 10.0. The first-order chi connectivity index (χ1) is 29.6. The number of aliphatic hydroxyl groups excluding tert-OH is 1. The van der Waals surface area contributed by atoms with Crippen molar-refractivity contribution in [2.45, 2.75) is 128 Å². The van der Waals surface area contributed by atoms with E-state index in [0.717, 1.165) is 18.0 Å². The molecule has 5 atom stereocenters. The minimum absolute atomic E-state index is 0.00984. The van der Waals surface area contributed by atoms with Crippen LogP contribution in [-0.2, 0) is 50.4 Å². The fraction of sp³-hybridized carbons (Fsp3) is 0.625. The summed E-state index contributed by atoms with van der Waals surface area (Å²) in [5, 5.41) is 37.4. The number of carbonyl (C=O) groups is 1. The first-order valence-electron chi connectivity index (χ1n) is 21.1. The number of ether oxygens (including phenoxy) is 5. The van der Waals surface area contributed by atoms with E-state index in [0.29, 0.717) is 30.5 Å². The number of fused-ring (bicyclic) bond motifs is 2. The fourth-order valence-electron chi connectivity index (χ4n) is 7.60. The number of hydrogen-bond acceptors (Lipinski definition) is 16. The molecular weight excluding hydrogens is 842 g/mol. The maximum Gasteiger partial charge on any atom is 0.413 e. The van der Waals surface area contributed by atoms with Gasteiger partial charge >= 0.3 is 13.7 Å². The number of hydrogen-bond donors (Lipinski definition) is 2. The van der Waals surface area contributed by atoms with Gasteiger partial charge in [0.2, 0.25) is 0 Å². The zero-order valence-electron chi connectivity index (χ0n) is 36.3. The van der Waals surface area contributed by atoms with E-state index in [4.69, 9.17) is 47.8 Å². The van der Waals surface area contributed by atoms with Crippen LogP contribution in [0.15, 0.2) is 36.5 Å². The van der Waals surface area contributed by atoms with Crippen LogP contribution in [0.4, 0.5) is 10.6 Å². The summed E-state index contributed by atoms with van der Waals surface area (Å²) in [6.07, 6.45) is 2.63. The molecular formula is C40H58N9O11PSi. The lowest BCUT2D eigenvalue weighted by atomic mass is 9.91. The van der Waals surface area contributed by atoms with Crippen molar-refractivity contribution in [2.24, 2.45) is 0 Å². The number of tetrazole rings is 1. The molecule has 1 unspecified atom stereocenters. The molecule has 1 aromatic carbocycles. The smallest absolute Gasteiger partial charge is 0.413 e. The first kappa shape index (κ1) is 46.0. The largest absolute Gasteiger partial charge is 0.465 e. The van der Waals surface area contributed by atoms with Crippen molar-refractivity contribution in [1.29, 1.82) is 0 Å². The number of anilines is 1. The predicted molar refractivity (Wildman–Crippen MR) is 229 cm³/mol. The lowest BCUT2D eigenvalue weighted by Gasteiger charge is -2.37. The molecule has 0 spiro atoms. The highest BCUT2D eigenvalue weighted by Crippen LogP contribution is 2.62. The molecule has 338 valence electrons. The molecule has 4 aromatic rings. The molecule has 62 heavy (non-hydrogen) atoms. The third-order valence-electron chi connectivity index (χ3n) is 10.9. The molecule has 2 aliphatic heterocycles. The van der Waals surface area contributed by atoms with Gasteiger partial charge in [-0.2, -0.15) is 5.10 Å². The molecule has 0 bridgehead atoms. The molecule has 0 radical (unpaired) electrons. The Labute approximate surface area is 361 Å². The summed E-state index contributed by atoms with van der Waals surface area (Å²) in [6.45, 7) is 13.1. The van der Waals surface area contributed by atoms with E-state index in [-0.39, 0.29) is 56.5 Å². The molecule has 7 rings (SSSR count). The van der Waals surface area contributed by atoms with Crippen molar-refractivity contribution in [3.63, 3.8) is 0 Å².